The Labute approximate surface area is 135 Å². The van der Waals surface area contributed by atoms with Gasteiger partial charge in [-0.05, 0) is 13.1 Å². The third-order valence-electron chi connectivity index (χ3n) is 4.04. The van der Waals surface area contributed by atoms with E-state index in [2.05, 4.69) is 14.6 Å². The van der Waals surface area contributed by atoms with Gasteiger partial charge in [-0.15, -0.1) is 0 Å². The number of nitrogens with one attached hydrogen (secondary N) is 1. The van der Waals surface area contributed by atoms with Crippen LogP contribution in [0.2, 0.25) is 0 Å². The van der Waals surface area contributed by atoms with Crippen molar-refractivity contribution in [1.82, 2.24) is 19.2 Å². The van der Waals surface area contributed by atoms with Gasteiger partial charge in [0.15, 0.2) is 0 Å². The van der Waals surface area contributed by atoms with Crippen molar-refractivity contribution in [3.8, 4) is 0 Å². The summed E-state index contributed by atoms with van der Waals surface area (Å²) in [4.78, 5) is 6.41. The van der Waals surface area contributed by atoms with Crippen molar-refractivity contribution >= 4 is 10.0 Å². The van der Waals surface area contributed by atoms with Gasteiger partial charge in [-0.2, -0.15) is 0 Å². The summed E-state index contributed by atoms with van der Waals surface area (Å²) < 4.78 is 39.6. The maximum Gasteiger partial charge on any atom is 0.243 e. The highest BCUT2D eigenvalue weighted by atomic mass is 32.2. The van der Waals surface area contributed by atoms with Crippen LogP contribution in [0.3, 0.4) is 0 Å². The number of aromatic nitrogens is 2. The molecule has 0 saturated carbocycles. The third kappa shape index (κ3) is 3.32. The minimum Gasteiger partial charge on any atom is -0.471 e. The second-order valence-electron chi connectivity index (χ2n) is 5.58. The van der Waals surface area contributed by atoms with Crippen LogP contribution in [0.5, 0.6) is 0 Å². The highest BCUT2D eigenvalue weighted by Gasteiger charge is 2.34. The van der Waals surface area contributed by atoms with Crippen LogP contribution in [0.1, 0.15) is 11.7 Å². The number of rotatable bonds is 5. The molecule has 1 N–H and O–H groups in total. The first-order valence-corrected chi connectivity index (χ1v) is 8.77. The lowest BCUT2D eigenvalue weighted by atomic mass is 10.0. The molecule has 0 amide bonds. The maximum atomic E-state index is 12.2. The number of nitrogens with zero attached hydrogens (tertiary/aromatic N) is 3. The largest absolute Gasteiger partial charge is 0.471 e. The predicted molar refractivity (Wildman–Crippen MR) is 82.2 cm³/mol. The molecule has 2 atom stereocenters. The summed E-state index contributed by atoms with van der Waals surface area (Å²) in [5, 5.41) is 0. The topological polar surface area (TPSA) is 89.6 Å². The zero-order chi connectivity index (χ0) is 16.4. The zero-order valence-corrected chi connectivity index (χ0v) is 13.9. The van der Waals surface area contributed by atoms with Gasteiger partial charge in [-0.25, -0.2) is 18.1 Å². The molecule has 0 unspecified atom stereocenters. The Morgan fingerprint density at radius 2 is 2.26 bits per heavy atom. The molecule has 0 radical (unpaired) electrons. The average Bonchev–Trinajstić information content (AvgIpc) is 3.17. The van der Waals surface area contributed by atoms with Crippen LogP contribution in [-0.4, -0.2) is 55.7 Å². The van der Waals surface area contributed by atoms with E-state index < -0.39 is 10.0 Å². The maximum absolute atomic E-state index is 12.2. The van der Waals surface area contributed by atoms with Crippen molar-refractivity contribution in [3.63, 3.8) is 0 Å². The smallest absolute Gasteiger partial charge is 0.243 e. The second-order valence-corrected chi connectivity index (χ2v) is 7.34. The van der Waals surface area contributed by atoms with E-state index in [0.717, 1.165) is 12.2 Å². The van der Waals surface area contributed by atoms with Gasteiger partial charge in [0.2, 0.25) is 10.0 Å². The van der Waals surface area contributed by atoms with E-state index in [9.17, 15) is 8.42 Å². The van der Waals surface area contributed by atoms with Gasteiger partial charge >= 0.3 is 0 Å². The van der Waals surface area contributed by atoms with E-state index in [1.807, 2.05) is 18.7 Å². The molecular weight excluding hydrogens is 320 g/mol. The van der Waals surface area contributed by atoms with E-state index >= 15 is 0 Å². The summed E-state index contributed by atoms with van der Waals surface area (Å²) >= 11 is 0. The van der Waals surface area contributed by atoms with Crippen LogP contribution >= 0.6 is 0 Å². The van der Waals surface area contributed by atoms with Crippen molar-refractivity contribution < 1.29 is 17.6 Å². The van der Waals surface area contributed by atoms with Crippen molar-refractivity contribution in [2.24, 2.45) is 7.05 Å². The van der Waals surface area contributed by atoms with Gasteiger partial charge in [0.25, 0.3) is 0 Å². The van der Waals surface area contributed by atoms with Crippen molar-refractivity contribution in [1.29, 1.82) is 0 Å². The molecule has 0 spiro atoms. The van der Waals surface area contributed by atoms with Gasteiger partial charge in [-0.3, -0.25) is 4.90 Å². The van der Waals surface area contributed by atoms with Gasteiger partial charge < -0.3 is 13.7 Å². The minimum absolute atomic E-state index is 0.0664. The summed E-state index contributed by atoms with van der Waals surface area (Å²) in [7, 11) is 0.311. The lowest BCUT2D eigenvalue weighted by molar-refractivity contribution is -0.0614. The SMILES string of the molecule is CN1CCO[C@@H](CNS(=O)(=O)c2ccoc2)[C@@H]1c1cncn1C. The Kier molecular flexibility index (Phi) is 4.53. The lowest BCUT2D eigenvalue weighted by Gasteiger charge is -2.39. The van der Waals surface area contributed by atoms with Crippen molar-refractivity contribution in [2.75, 3.05) is 26.7 Å². The number of likely N-dealkylation sites (N-methyl/N-ethyl adjacent to an activating group) is 1. The number of sulfonamides is 1. The number of imidazole rings is 1. The predicted octanol–water partition coefficient (Wildman–Crippen LogP) is 0.363. The van der Waals surface area contributed by atoms with E-state index in [1.165, 1.54) is 18.6 Å². The number of morpholine rings is 1. The van der Waals surface area contributed by atoms with Crippen molar-refractivity contribution in [2.45, 2.75) is 17.0 Å². The molecule has 3 heterocycles. The van der Waals surface area contributed by atoms with Gasteiger partial charge in [-0.1, -0.05) is 0 Å². The first-order valence-electron chi connectivity index (χ1n) is 7.29. The van der Waals surface area contributed by atoms with Crippen LogP contribution in [-0.2, 0) is 21.8 Å². The molecule has 1 saturated heterocycles. The highest BCUT2D eigenvalue weighted by molar-refractivity contribution is 7.89. The number of aryl methyl sites for hydroxylation is 1. The average molecular weight is 340 g/mol. The molecule has 0 aromatic carbocycles. The molecule has 2 aromatic rings. The van der Waals surface area contributed by atoms with Crippen LogP contribution in [0.15, 0.2) is 40.4 Å². The Morgan fingerprint density at radius 1 is 1.43 bits per heavy atom. The molecule has 1 aliphatic heterocycles. The Hall–Kier alpha value is -1.68. The first kappa shape index (κ1) is 16.2. The van der Waals surface area contributed by atoms with Crippen LogP contribution in [0, 0.1) is 0 Å². The molecule has 9 heteroatoms. The molecule has 1 fully saturated rings. The quantitative estimate of drug-likeness (QED) is 0.845. The molecule has 1 aliphatic rings. The second kappa shape index (κ2) is 6.44. The van der Waals surface area contributed by atoms with Gasteiger partial charge in [0.1, 0.15) is 11.2 Å². The van der Waals surface area contributed by atoms with E-state index in [4.69, 9.17) is 9.15 Å². The monoisotopic (exact) mass is 340 g/mol. The zero-order valence-electron chi connectivity index (χ0n) is 13.0. The summed E-state index contributed by atoms with van der Waals surface area (Å²) in [6.45, 7) is 1.51. The van der Waals surface area contributed by atoms with Crippen LogP contribution in [0.25, 0.3) is 0 Å². The normalized spacial score (nSPS) is 23.2. The van der Waals surface area contributed by atoms with E-state index in [1.54, 1.807) is 12.5 Å². The van der Waals surface area contributed by atoms with Crippen LogP contribution < -0.4 is 4.72 Å². The summed E-state index contributed by atoms with van der Waals surface area (Å²) in [5.41, 5.74) is 0.986. The molecule has 3 rings (SSSR count). The fourth-order valence-corrected chi connectivity index (χ4v) is 3.75. The number of furan rings is 1. The van der Waals surface area contributed by atoms with E-state index in [-0.39, 0.29) is 23.6 Å². The Morgan fingerprint density at radius 3 is 2.91 bits per heavy atom. The minimum atomic E-state index is -3.60. The first-order chi connectivity index (χ1) is 11.0. The molecule has 23 heavy (non-hydrogen) atoms. The Balaban J connectivity index is 1.76. The summed E-state index contributed by atoms with van der Waals surface area (Å²) in [5.74, 6) is 0. The fraction of sp³-hybridized carbons (Fsp3) is 0.500. The van der Waals surface area contributed by atoms with Crippen molar-refractivity contribution in [3.05, 3.63) is 36.8 Å². The van der Waals surface area contributed by atoms with Gasteiger partial charge in [0.05, 0.1) is 37.0 Å². The number of hydrogen-bond donors (Lipinski definition) is 1. The number of ether oxygens (including phenoxy) is 1. The molecular formula is C14H20N4O4S. The summed E-state index contributed by atoms with van der Waals surface area (Å²) in [6, 6.07) is 1.35. The Bertz CT molecular complexity index is 741. The van der Waals surface area contributed by atoms with Crippen LogP contribution in [0.4, 0.5) is 0 Å². The summed E-state index contributed by atoms with van der Waals surface area (Å²) in [6.07, 6.45) is 5.75. The lowest BCUT2D eigenvalue weighted by Crippen LogP contribution is -2.48. The highest BCUT2D eigenvalue weighted by Crippen LogP contribution is 2.27. The fourth-order valence-electron chi connectivity index (χ4n) is 2.78. The molecule has 126 valence electrons. The third-order valence-corrected chi connectivity index (χ3v) is 5.44. The molecule has 0 aliphatic carbocycles. The molecule has 0 bridgehead atoms. The van der Waals surface area contributed by atoms with Gasteiger partial charge in [0, 0.05) is 26.3 Å². The standard InChI is InChI=1S/C14H20N4O4S/c1-17-4-6-22-13(14(17)12-7-15-10-18(12)2)8-16-23(19,20)11-3-5-21-9-11/h3,5,7,9-10,13-14,16H,4,6,8H2,1-2H3/t13-,14-/m0/s1. The molecule has 2 aromatic heterocycles. The molecule has 8 nitrogen and oxygen atoms in total. The van der Waals surface area contributed by atoms with E-state index in [0.29, 0.717) is 6.61 Å². The number of hydrogen-bond acceptors (Lipinski definition) is 6.